The van der Waals surface area contributed by atoms with E-state index in [2.05, 4.69) is 5.32 Å². The molecule has 0 spiro atoms. The second-order valence-electron chi connectivity index (χ2n) is 4.02. The van der Waals surface area contributed by atoms with Crippen LogP contribution in [0.15, 0.2) is 18.2 Å². The summed E-state index contributed by atoms with van der Waals surface area (Å²) < 4.78 is 13.6. The second-order valence-corrected chi connectivity index (χ2v) is 4.02. The van der Waals surface area contributed by atoms with Gasteiger partial charge < -0.3 is 5.32 Å². The van der Waals surface area contributed by atoms with Crippen molar-refractivity contribution in [3.63, 3.8) is 0 Å². The molecule has 1 aliphatic heterocycles. The molecular formula is C11H14FN3O2. The molecule has 1 heterocycles. The number of nitro benzene ring substituents is 1. The molecule has 92 valence electrons. The Hall–Kier alpha value is -1.53. The molecule has 6 heteroatoms. The van der Waals surface area contributed by atoms with E-state index in [9.17, 15) is 14.5 Å². The topological polar surface area (TPSA) is 58.4 Å². The molecule has 2 rings (SSSR count). The average molecular weight is 239 g/mol. The Morgan fingerprint density at radius 2 is 2.12 bits per heavy atom. The molecule has 0 bridgehead atoms. The molecule has 0 radical (unpaired) electrons. The summed E-state index contributed by atoms with van der Waals surface area (Å²) in [7, 11) is 0. The SMILES string of the molecule is O=[N+]([O-])c1cccc(F)c1CN1CCNCC1. The van der Waals surface area contributed by atoms with Crippen LogP contribution in [0, 0.1) is 15.9 Å². The second kappa shape index (κ2) is 5.20. The fraction of sp³-hybridized carbons (Fsp3) is 0.455. The number of rotatable bonds is 3. The number of hydrogen-bond acceptors (Lipinski definition) is 4. The molecule has 0 aliphatic carbocycles. The molecule has 0 aromatic heterocycles. The smallest absolute Gasteiger partial charge is 0.276 e. The first kappa shape index (κ1) is 11.9. The first-order chi connectivity index (χ1) is 8.18. The maximum absolute atomic E-state index is 13.6. The normalized spacial score (nSPS) is 17.0. The van der Waals surface area contributed by atoms with E-state index >= 15 is 0 Å². The Balaban J connectivity index is 2.21. The molecule has 0 amide bonds. The number of benzene rings is 1. The first-order valence-electron chi connectivity index (χ1n) is 5.53. The van der Waals surface area contributed by atoms with E-state index < -0.39 is 10.7 Å². The minimum Gasteiger partial charge on any atom is -0.314 e. The maximum Gasteiger partial charge on any atom is 0.276 e. The van der Waals surface area contributed by atoms with Gasteiger partial charge in [0.25, 0.3) is 5.69 Å². The van der Waals surface area contributed by atoms with Crippen LogP contribution in [0.25, 0.3) is 0 Å². The van der Waals surface area contributed by atoms with Crippen LogP contribution in [0.2, 0.25) is 0 Å². The number of nitro groups is 1. The van der Waals surface area contributed by atoms with Crippen molar-refractivity contribution in [2.45, 2.75) is 6.54 Å². The van der Waals surface area contributed by atoms with E-state index in [4.69, 9.17) is 0 Å². The third-order valence-corrected chi connectivity index (χ3v) is 2.88. The van der Waals surface area contributed by atoms with Crippen molar-refractivity contribution in [1.29, 1.82) is 0 Å². The van der Waals surface area contributed by atoms with Gasteiger partial charge in [-0.1, -0.05) is 6.07 Å². The lowest BCUT2D eigenvalue weighted by atomic mass is 10.1. The summed E-state index contributed by atoms with van der Waals surface area (Å²) in [4.78, 5) is 12.3. The highest BCUT2D eigenvalue weighted by Gasteiger charge is 2.20. The predicted molar refractivity (Wildman–Crippen MR) is 61.2 cm³/mol. The number of halogens is 1. The zero-order valence-electron chi connectivity index (χ0n) is 9.36. The standard InChI is InChI=1S/C11H14FN3O2/c12-10-2-1-3-11(15(16)17)9(10)8-14-6-4-13-5-7-14/h1-3,13H,4-8H2. The van der Waals surface area contributed by atoms with Gasteiger partial charge in [-0.2, -0.15) is 0 Å². The van der Waals surface area contributed by atoms with Crippen LogP contribution in [0.3, 0.4) is 0 Å². The van der Waals surface area contributed by atoms with Crippen LogP contribution in [0.5, 0.6) is 0 Å². The molecule has 0 unspecified atom stereocenters. The Morgan fingerprint density at radius 1 is 1.41 bits per heavy atom. The zero-order valence-corrected chi connectivity index (χ0v) is 9.36. The summed E-state index contributed by atoms with van der Waals surface area (Å²) in [6.45, 7) is 3.53. The summed E-state index contributed by atoms with van der Waals surface area (Å²) in [6.07, 6.45) is 0. The molecule has 1 fully saturated rings. The van der Waals surface area contributed by atoms with Gasteiger partial charge in [-0.25, -0.2) is 4.39 Å². The molecular weight excluding hydrogens is 225 g/mol. The van der Waals surface area contributed by atoms with E-state index in [1.54, 1.807) is 0 Å². The highest BCUT2D eigenvalue weighted by molar-refractivity contribution is 5.40. The van der Waals surface area contributed by atoms with Crippen molar-refractivity contribution in [3.05, 3.63) is 39.7 Å². The lowest BCUT2D eigenvalue weighted by Crippen LogP contribution is -2.43. The van der Waals surface area contributed by atoms with Crippen LogP contribution in [-0.4, -0.2) is 36.0 Å². The van der Waals surface area contributed by atoms with Gasteiger partial charge in [0.2, 0.25) is 0 Å². The number of hydrogen-bond donors (Lipinski definition) is 1. The van der Waals surface area contributed by atoms with Crippen molar-refractivity contribution < 1.29 is 9.31 Å². The maximum atomic E-state index is 13.6. The van der Waals surface area contributed by atoms with Gasteiger partial charge in [0, 0.05) is 38.8 Å². The van der Waals surface area contributed by atoms with Crippen molar-refractivity contribution in [3.8, 4) is 0 Å². The van der Waals surface area contributed by atoms with Crippen molar-refractivity contribution >= 4 is 5.69 Å². The fourth-order valence-electron chi connectivity index (χ4n) is 1.97. The van der Waals surface area contributed by atoms with Crippen LogP contribution < -0.4 is 5.32 Å². The molecule has 17 heavy (non-hydrogen) atoms. The van der Waals surface area contributed by atoms with Gasteiger partial charge in [0.15, 0.2) is 0 Å². The third kappa shape index (κ3) is 2.78. The molecule has 1 aliphatic rings. The number of piperazine rings is 1. The Labute approximate surface area is 98.4 Å². The lowest BCUT2D eigenvalue weighted by molar-refractivity contribution is -0.386. The van der Waals surface area contributed by atoms with E-state index in [-0.39, 0.29) is 11.3 Å². The molecule has 1 saturated heterocycles. The molecule has 1 N–H and O–H groups in total. The summed E-state index contributed by atoms with van der Waals surface area (Å²) in [5.41, 5.74) is 0.0444. The largest absolute Gasteiger partial charge is 0.314 e. The number of nitrogens with zero attached hydrogens (tertiary/aromatic N) is 2. The molecule has 5 nitrogen and oxygen atoms in total. The van der Waals surface area contributed by atoms with Crippen LogP contribution >= 0.6 is 0 Å². The van der Waals surface area contributed by atoms with E-state index in [0.717, 1.165) is 26.2 Å². The highest BCUT2D eigenvalue weighted by Crippen LogP contribution is 2.22. The molecule has 0 saturated carbocycles. The summed E-state index contributed by atoms with van der Waals surface area (Å²) in [5, 5.41) is 14.0. The Bertz CT molecular complexity index is 419. The molecule has 0 atom stereocenters. The molecule has 1 aromatic rings. The van der Waals surface area contributed by atoms with E-state index in [1.165, 1.54) is 18.2 Å². The minimum absolute atomic E-state index is 0.136. The lowest BCUT2D eigenvalue weighted by Gasteiger charge is -2.27. The minimum atomic E-state index is -0.527. The van der Waals surface area contributed by atoms with Crippen LogP contribution in [-0.2, 0) is 6.54 Å². The third-order valence-electron chi connectivity index (χ3n) is 2.88. The van der Waals surface area contributed by atoms with Gasteiger partial charge in [0.1, 0.15) is 5.82 Å². The Morgan fingerprint density at radius 3 is 2.76 bits per heavy atom. The Kier molecular flexibility index (Phi) is 3.65. The van der Waals surface area contributed by atoms with E-state index in [0.29, 0.717) is 6.54 Å². The van der Waals surface area contributed by atoms with Crippen molar-refractivity contribution in [2.24, 2.45) is 0 Å². The van der Waals surface area contributed by atoms with Gasteiger partial charge in [-0.05, 0) is 6.07 Å². The molecule has 1 aromatic carbocycles. The highest BCUT2D eigenvalue weighted by atomic mass is 19.1. The number of nitrogens with one attached hydrogen (secondary N) is 1. The van der Waals surface area contributed by atoms with Gasteiger partial charge >= 0.3 is 0 Å². The van der Waals surface area contributed by atoms with Crippen molar-refractivity contribution in [1.82, 2.24) is 10.2 Å². The summed E-state index contributed by atoms with van der Waals surface area (Å²) in [5.74, 6) is -0.502. The van der Waals surface area contributed by atoms with Crippen molar-refractivity contribution in [2.75, 3.05) is 26.2 Å². The zero-order chi connectivity index (χ0) is 12.3. The van der Waals surface area contributed by atoms with Gasteiger partial charge in [0.05, 0.1) is 10.5 Å². The quantitative estimate of drug-likeness (QED) is 0.634. The van der Waals surface area contributed by atoms with E-state index in [1.807, 2.05) is 4.90 Å². The van der Waals surface area contributed by atoms with Gasteiger partial charge in [-0.15, -0.1) is 0 Å². The van der Waals surface area contributed by atoms with Crippen LogP contribution in [0.4, 0.5) is 10.1 Å². The summed E-state index contributed by atoms with van der Waals surface area (Å²) >= 11 is 0. The first-order valence-corrected chi connectivity index (χ1v) is 5.53. The predicted octanol–water partition coefficient (Wildman–Crippen LogP) is 1.14. The summed E-state index contributed by atoms with van der Waals surface area (Å²) in [6, 6.07) is 3.99. The van der Waals surface area contributed by atoms with Crippen LogP contribution in [0.1, 0.15) is 5.56 Å². The van der Waals surface area contributed by atoms with Gasteiger partial charge in [-0.3, -0.25) is 15.0 Å². The average Bonchev–Trinajstić information content (AvgIpc) is 2.33. The fourth-order valence-corrected chi connectivity index (χ4v) is 1.97. The monoisotopic (exact) mass is 239 g/mol.